The van der Waals surface area contributed by atoms with Gasteiger partial charge in [-0.1, -0.05) is 61.3 Å². The lowest BCUT2D eigenvalue weighted by Crippen LogP contribution is -2.46. The van der Waals surface area contributed by atoms with E-state index in [1.54, 1.807) is 0 Å². The highest BCUT2D eigenvalue weighted by Crippen LogP contribution is 2.49. The van der Waals surface area contributed by atoms with Crippen LogP contribution in [0.15, 0.2) is 64.5 Å². The number of carbonyl (C=O) groups excluding carboxylic acids is 1. The first kappa shape index (κ1) is 24.2. The second-order valence-corrected chi connectivity index (χ2v) is 12.0. The molecular formula is C29H34ClN3O2S. The first-order valence-corrected chi connectivity index (χ1v) is 14.5. The average Bonchev–Trinajstić information content (AvgIpc) is 3.14. The van der Waals surface area contributed by atoms with Crippen LogP contribution in [-0.4, -0.2) is 53.7 Å². The second-order valence-electron chi connectivity index (χ2n) is 10.5. The predicted octanol–water partition coefficient (Wildman–Crippen LogP) is 7.47. The van der Waals surface area contributed by atoms with E-state index in [-0.39, 0.29) is 12.1 Å². The molecule has 3 fully saturated rings. The Labute approximate surface area is 223 Å². The van der Waals surface area contributed by atoms with Crippen molar-refractivity contribution in [3.05, 3.63) is 59.8 Å². The standard InChI is InChI=1S/C29H34ClN3O2S/c1-21-29(35-28(34)33(21)23-8-3-2-4-9-23)14-18-31(19-15-29)16-7-17-32-24-10-5-6-11-26(24)36-27-13-12-22(30)20-25(27)32/h5-6,10-13,20,23H,1-4,7-9,14-19H2. The average molecular weight is 524 g/mol. The minimum atomic E-state index is -0.496. The number of halogens is 1. The Morgan fingerprint density at radius 1 is 1.00 bits per heavy atom. The molecule has 2 aromatic rings. The van der Waals surface area contributed by atoms with Crippen LogP contribution in [0, 0.1) is 0 Å². The van der Waals surface area contributed by atoms with E-state index < -0.39 is 5.60 Å². The molecule has 0 bridgehead atoms. The summed E-state index contributed by atoms with van der Waals surface area (Å²) in [5.41, 5.74) is 2.87. The van der Waals surface area contributed by atoms with E-state index in [0.29, 0.717) is 0 Å². The Hall–Kier alpha value is -2.15. The highest BCUT2D eigenvalue weighted by atomic mass is 35.5. The van der Waals surface area contributed by atoms with Crippen molar-refractivity contribution in [1.29, 1.82) is 0 Å². The molecule has 4 aliphatic rings. The summed E-state index contributed by atoms with van der Waals surface area (Å²) in [5, 5.41) is 0.772. The summed E-state index contributed by atoms with van der Waals surface area (Å²) >= 11 is 8.19. The molecular weight excluding hydrogens is 490 g/mol. The van der Waals surface area contributed by atoms with Gasteiger partial charge in [-0.15, -0.1) is 0 Å². The molecule has 3 heterocycles. The molecule has 2 saturated heterocycles. The van der Waals surface area contributed by atoms with Crippen LogP contribution >= 0.6 is 23.4 Å². The quantitative estimate of drug-likeness (QED) is 0.406. The van der Waals surface area contributed by atoms with Gasteiger partial charge in [-0.05, 0) is 56.1 Å². The fraction of sp³-hybridized carbons (Fsp3) is 0.483. The van der Waals surface area contributed by atoms with E-state index in [9.17, 15) is 4.79 Å². The number of anilines is 2. The SMILES string of the molecule is C=C1N(C2CCCCC2)C(=O)OC12CCN(CCCN1c3ccccc3Sc3ccc(Cl)cc31)CC2. The summed E-state index contributed by atoms with van der Waals surface area (Å²) in [6.07, 6.45) is 8.36. The third kappa shape index (κ3) is 4.42. The predicted molar refractivity (Wildman–Crippen MR) is 146 cm³/mol. The van der Waals surface area contributed by atoms with Crippen LogP contribution in [0.4, 0.5) is 16.2 Å². The van der Waals surface area contributed by atoms with Gasteiger partial charge in [0.05, 0.1) is 17.1 Å². The normalized spacial score (nSPS) is 22.0. The van der Waals surface area contributed by atoms with Crippen LogP contribution < -0.4 is 4.90 Å². The van der Waals surface area contributed by atoms with E-state index in [1.807, 2.05) is 22.7 Å². The molecule has 5 nitrogen and oxygen atoms in total. The maximum absolute atomic E-state index is 12.8. The van der Waals surface area contributed by atoms with E-state index in [2.05, 4.69) is 52.8 Å². The van der Waals surface area contributed by atoms with Crippen molar-refractivity contribution in [1.82, 2.24) is 9.80 Å². The summed E-state index contributed by atoms with van der Waals surface area (Å²) in [5.74, 6) is 0. The smallest absolute Gasteiger partial charge is 0.415 e. The Morgan fingerprint density at radius 3 is 2.56 bits per heavy atom. The van der Waals surface area contributed by atoms with Crippen molar-refractivity contribution in [3.63, 3.8) is 0 Å². The number of likely N-dealkylation sites (tertiary alicyclic amines) is 1. The molecule has 0 atom stereocenters. The molecule has 1 spiro atoms. The summed E-state index contributed by atoms with van der Waals surface area (Å²) in [7, 11) is 0. The molecule has 36 heavy (non-hydrogen) atoms. The first-order valence-electron chi connectivity index (χ1n) is 13.3. The third-order valence-corrected chi connectivity index (χ3v) is 9.71. The second kappa shape index (κ2) is 9.96. The monoisotopic (exact) mass is 523 g/mol. The van der Waals surface area contributed by atoms with Gasteiger partial charge in [-0.25, -0.2) is 4.79 Å². The van der Waals surface area contributed by atoms with Gasteiger partial charge in [-0.3, -0.25) is 4.90 Å². The van der Waals surface area contributed by atoms with Crippen LogP contribution in [0.3, 0.4) is 0 Å². The molecule has 7 heteroatoms. The molecule has 1 saturated carbocycles. The number of rotatable bonds is 5. The topological polar surface area (TPSA) is 36.0 Å². The fourth-order valence-corrected chi connectivity index (χ4v) is 7.58. The zero-order valence-corrected chi connectivity index (χ0v) is 22.3. The molecule has 1 aliphatic carbocycles. The van der Waals surface area contributed by atoms with Gasteiger partial charge in [0.25, 0.3) is 0 Å². The molecule has 0 radical (unpaired) electrons. The van der Waals surface area contributed by atoms with E-state index >= 15 is 0 Å². The number of para-hydroxylation sites is 1. The number of carbonyl (C=O) groups is 1. The molecule has 0 aromatic heterocycles. The van der Waals surface area contributed by atoms with Crippen LogP contribution in [0.5, 0.6) is 0 Å². The van der Waals surface area contributed by atoms with Crippen LogP contribution in [0.1, 0.15) is 51.4 Å². The minimum Gasteiger partial charge on any atom is -0.436 e. The van der Waals surface area contributed by atoms with Crippen molar-refractivity contribution in [2.24, 2.45) is 0 Å². The van der Waals surface area contributed by atoms with Crippen LogP contribution in [-0.2, 0) is 4.74 Å². The number of piperidine rings is 1. The molecule has 190 valence electrons. The van der Waals surface area contributed by atoms with Crippen molar-refractivity contribution < 1.29 is 9.53 Å². The largest absolute Gasteiger partial charge is 0.436 e. The van der Waals surface area contributed by atoms with Crippen molar-refractivity contribution in [2.75, 3.05) is 31.1 Å². The Morgan fingerprint density at radius 2 is 1.75 bits per heavy atom. The van der Waals surface area contributed by atoms with Crippen molar-refractivity contribution in [3.8, 4) is 0 Å². The number of benzene rings is 2. The number of fused-ring (bicyclic) bond motifs is 2. The maximum atomic E-state index is 12.8. The number of hydrogen-bond acceptors (Lipinski definition) is 5. The van der Waals surface area contributed by atoms with Gasteiger partial charge in [0.1, 0.15) is 0 Å². The molecule has 1 amide bonds. The fourth-order valence-electron chi connectivity index (χ4n) is 6.34. The summed E-state index contributed by atoms with van der Waals surface area (Å²) in [6, 6.07) is 15.1. The van der Waals surface area contributed by atoms with Gasteiger partial charge in [0, 0.05) is 53.3 Å². The third-order valence-electron chi connectivity index (χ3n) is 8.34. The van der Waals surface area contributed by atoms with Gasteiger partial charge >= 0.3 is 6.09 Å². The Kier molecular flexibility index (Phi) is 6.69. The van der Waals surface area contributed by atoms with Gasteiger partial charge in [-0.2, -0.15) is 0 Å². The molecule has 3 aliphatic heterocycles. The van der Waals surface area contributed by atoms with E-state index in [0.717, 1.165) is 69.0 Å². The summed E-state index contributed by atoms with van der Waals surface area (Å²) < 4.78 is 6.04. The highest BCUT2D eigenvalue weighted by molar-refractivity contribution is 7.99. The van der Waals surface area contributed by atoms with E-state index in [4.69, 9.17) is 16.3 Å². The van der Waals surface area contributed by atoms with Gasteiger partial charge in [0.2, 0.25) is 0 Å². The van der Waals surface area contributed by atoms with E-state index in [1.165, 1.54) is 40.4 Å². The zero-order chi connectivity index (χ0) is 24.7. The molecule has 2 aromatic carbocycles. The number of ether oxygens (including phenoxy) is 1. The highest BCUT2D eigenvalue weighted by Gasteiger charge is 2.52. The Balaban J connectivity index is 1.07. The van der Waals surface area contributed by atoms with Crippen molar-refractivity contribution in [2.45, 2.75) is 72.8 Å². The zero-order valence-electron chi connectivity index (χ0n) is 20.8. The first-order chi connectivity index (χ1) is 17.5. The number of amides is 1. The maximum Gasteiger partial charge on any atom is 0.415 e. The summed E-state index contributed by atoms with van der Waals surface area (Å²) in [4.78, 5) is 22.2. The summed E-state index contributed by atoms with van der Waals surface area (Å²) in [6.45, 7) is 8.19. The lowest BCUT2D eigenvalue weighted by atomic mass is 9.86. The molecule has 0 N–H and O–H groups in total. The molecule has 0 unspecified atom stereocenters. The Bertz CT molecular complexity index is 1160. The molecule has 6 rings (SSSR count). The minimum absolute atomic E-state index is 0.167. The van der Waals surface area contributed by atoms with Gasteiger partial charge in [0.15, 0.2) is 5.60 Å². The lowest BCUT2D eigenvalue weighted by molar-refractivity contribution is 0.0145. The van der Waals surface area contributed by atoms with Crippen LogP contribution in [0.2, 0.25) is 5.02 Å². The van der Waals surface area contributed by atoms with Gasteiger partial charge < -0.3 is 14.5 Å². The number of nitrogens with zero attached hydrogens (tertiary/aromatic N) is 3. The number of hydrogen-bond donors (Lipinski definition) is 0. The van der Waals surface area contributed by atoms with Crippen LogP contribution in [0.25, 0.3) is 0 Å². The van der Waals surface area contributed by atoms with Crippen molar-refractivity contribution >= 4 is 40.8 Å². The lowest BCUT2D eigenvalue weighted by Gasteiger charge is -2.39.